The number of rotatable bonds is 11. The van der Waals surface area contributed by atoms with E-state index in [-0.39, 0.29) is 52.0 Å². The predicted molar refractivity (Wildman–Crippen MR) is 136 cm³/mol. The molecular weight excluding hydrogens is 533 g/mol. The van der Waals surface area contributed by atoms with Crippen LogP contribution < -0.4 is 20.1 Å². The van der Waals surface area contributed by atoms with Crippen LogP contribution in [0, 0.1) is 16.9 Å². The van der Waals surface area contributed by atoms with Crippen LogP contribution in [0.15, 0.2) is 41.4 Å². The van der Waals surface area contributed by atoms with Crippen LogP contribution in [0.3, 0.4) is 0 Å². The molecule has 37 heavy (non-hydrogen) atoms. The van der Waals surface area contributed by atoms with E-state index in [9.17, 15) is 23.9 Å². The van der Waals surface area contributed by atoms with E-state index in [0.717, 1.165) is 0 Å². The Kier molecular flexibility index (Phi) is 11.3. The van der Waals surface area contributed by atoms with Gasteiger partial charge in [0.1, 0.15) is 18.1 Å². The lowest BCUT2D eigenvalue weighted by Gasteiger charge is -2.30. The number of halogens is 4. The molecule has 0 aliphatic rings. The van der Waals surface area contributed by atoms with Gasteiger partial charge >= 0.3 is 6.61 Å². The molecule has 10 nitrogen and oxygen atoms in total. The second-order valence-electron chi connectivity index (χ2n) is 7.19. The number of benzene rings is 2. The number of carbonyl (C=O) groups is 1. The lowest BCUT2D eigenvalue weighted by molar-refractivity contribution is -0.134. The minimum Gasteiger partial charge on any atom is -0.495 e. The van der Waals surface area contributed by atoms with Gasteiger partial charge in [-0.3, -0.25) is 10.1 Å². The molecule has 14 heteroatoms. The molecule has 1 atom stereocenters. The lowest BCUT2D eigenvalue weighted by Crippen LogP contribution is -2.48. The Labute approximate surface area is 221 Å². The molecule has 198 valence electrons. The normalized spacial score (nSPS) is 11.9. The number of aliphatic hydroxyl groups excluding tert-OH is 1. The third-order valence-electron chi connectivity index (χ3n) is 4.98. The average molecular weight is 557 g/mol. The summed E-state index contributed by atoms with van der Waals surface area (Å²) in [6.07, 6.45) is 1.71. The largest absolute Gasteiger partial charge is 0.495 e. The number of nitrogens with zero attached hydrogens (tertiary/aromatic N) is 3. The minimum absolute atomic E-state index is 0.0489. The fourth-order valence-electron chi connectivity index (χ4n) is 3.29. The monoisotopic (exact) mass is 556 g/mol. The molecule has 0 saturated carbocycles. The number of amides is 1. The van der Waals surface area contributed by atoms with Gasteiger partial charge < -0.3 is 30.2 Å². The van der Waals surface area contributed by atoms with Gasteiger partial charge in [0.05, 0.1) is 41.1 Å². The van der Waals surface area contributed by atoms with Crippen molar-refractivity contribution in [2.24, 2.45) is 4.99 Å². The van der Waals surface area contributed by atoms with E-state index in [1.165, 1.54) is 42.3 Å². The molecule has 0 aromatic heterocycles. The second-order valence-corrected chi connectivity index (χ2v) is 8.00. The van der Waals surface area contributed by atoms with Crippen molar-refractivity contribution in [3.8, 4) is 17.7 Å². The van der Waals surface area contributed by atoms with Crippen LogP contribution in [-0.2, 0) is 4.79 Å². The van der Waals surface area contributed by atoms with Crippen molar-refractivity contribution < 1.29 is 28.2 Å². The number of alkyl halides is 2. The van der Waals surface area contributed by atoms with Crippen molar-refractivity contribution >= 4 is 46.5 Å². The Hall–Kier alpha value is -3.66. The number of nitrogens with one attached hydrogen (secondary N) is 3. The molecule has 0 aliphatic carbocycles. The first-order valence-electron chi connectivity index (χ1n) is 10.7. The van der Waals surface area contributed by atoms with E-state index in [2.05, 4.69) is 20.4 Å². The lowest BCUT2D eigenvalue weighted by atomic mass is 10.0. The smallest absolute Gasteiger partial charge is 0.387 e. The molecule has 0 aliphatic heterocycles. The van der Waals surface area contributed by atoms with E-state index in [1.54, 1.807) is 19.2 Å². The van der Waals surface area contributed by atoms with E-state index < -0.39 is 25.2 Å². The maximum atomic E-state index is 12.7. The van der Waals surface area contributed by atoms with Crippen molar-refractivity contribution in [2.75, 3.05) is 32.1 Å². The molecule has 0 heterocycles. The number of aliphatic hydroxyl groups is 1. The van der Waals surface area contributed by atoms with Gasteiger partial charge in [0, 0.05) is 12.6 Å². The number of guanidine groups is 1. The second kappa shape index (κ2) is 14.2. The summed E-state index contributed by atoms with van der Waals surface area (Å²) in [5.74, 6) is -0.706. The highest BCUT2D eigenvalue weighted by atomic mass is 35.5. The number of anilines is 1. The molecule has 4 N–H and O–H groups in total. The minimum atomic E-state index is -3.05. The van der Waals surface area contributed by atoms with Crippen LogP contribution in [0.4, 0.5) is 14.5 Å². The van der Waals surface area contributed by atoms with Crippen LogP contribution in [0.5, 0.6) is 11.5 Å². The summed E-state index contributed by atoms with van der Waals surface area (Å²) in [6.45, 7) is -2.27. The molecule has 0 saturated heterocycles. The maximum absolute atomic E-state index is 12.7. The van der Waals surface area contributed by atoms with E-state index >= 15 is 0 Å². The van der Waals surface area contributed by atoms with Crippen LogP contribution in [0.2, 0.25) is 10.0 Å². The highest BCUT2D eigenvalue weighted by Crippen LogP contribution is 2.30. The number of hydrogen-bond acceptors (Lipinski definition) is 7. The zero-order valence-electron chi connectivity index (χ0n) is 19.8. The molecule has 0 fully saturated rings. The number of carbonyl (C=O) groups excluding carboxylic acids is 1. The van der Waals surface area contributed by atoms with Crippen LogP contribution in [0.25, 0.3) is 0 Å². The number of hydrogen-bond donors (Lipinski definition) is 4. The molecule has 1 amide bonds. The Balaban J connectivity index is 2.44. The van der Waals surface area contributed by atoms with Gasteiger partial charge in [0.2, 0.25) is 11.9 Å². The maximum Gasteiger partial charge on any atom is 0.387 e. The topological polar surface area (TPSA) is 143 Å². The number of ether oxygens (including phenoxy) is 2. The third-order valence-corrected chi connectivity index (χ3v) is 5.72. The number of likely N-dealkylation sites (N-methyl/N-ethyl adjacent to an activating group) is 1. The Bertz CT molecular complexity index is 1190. The summed E-state index contributed by atoms with van der Waals surface area (Å²) in [5.41, 5.74) is 0.462. The first-order valence-corrected chi connectivity index (χ1v) is 11.4. The van der Waals surface area contributed by atoms with Crippen LogP contribution in [-0.4, -0.2) is 67.0 Å². The summed E-state index contributed by atoms with van der Waals surface area (Å²) >= 11 is 12.1. The summed E-state index contributed by atoms with van der Waals surface area (Å²) in [7, 11) is 1.36. The van der Waals surface area contributed by atoms with Crippen molar-refractivity contribution in [3.63, 3.8) is 0 Å². The summed E-state index contributed by atoms with van der Waals surface area (Å²) < 4.78 is 34.9. The first-order chi connectivity index (χ1) is 17.6. The van der Waals surface area contributed by atoms with Crippen molar-refractivity contribution in [1.82, 2.24) is 10.2 Å². The number of nitriles is 1. The average Bonchev–Trinajstić information content (AvgIpc) is 2.87. The van der Waals surface area contributed by atoms with Gasteiger partial charge in [0.15, 0.2) is 6.19 Å². The summed E-state index contributed by atoms with van der Waals surface area (Å²) in [5, 5.41) is 32.9. The van der Waals surface area contributed by atoms with Crippen molar-refractivity contribution in [1.29, 1.82) is 10.7 Å². The summed E-state index contributed by atoms with van der Waals surface area (Å²) in [4.78, 5) is 18.0. The molecule has 2 rings (SSSR count). The fourth-order valence-corrected chi connectivity index (χ4v) is 3.59. The van der Waals surface area contributed by atoms with Gasteiger partial charge in [-0.15, -0.1) is 0 Å². The number of methoxy groups -OCH3 is 1. The van der Waals surface area contributed by atoms with Gasteiger partial charge in [-0.05, 0) is 36.8 Å². The van der Waals surface area contributed by atoms with Crippen LogP contribution in [0.1, 0.15) is 12.5 Å². The van der Waals surface area contributed by atoms with Crippen molar-refractivity contribution in [2.45, 2.75) is 19.6 Å². The Morgan fingerprint density at radius 3 is 2.57 bits per heavy atom. The zero-order valence-corrected chi connectivity index (χ0v) is 21.3. The van der Waals surface area contributed by atoms with E-state index in [1.807, 2.05) is 0 Å². The molecule has 0 bridgehead atoms. The van der Waals surface area contributed by atoms with Crippen molar-refractivity contribution in [3.05, 3.63) is 52.0 Å². The number of aliphatic imine (C=N–C) groups is 1. The predicted octanol–water partition coefficient (Wildman–Crippen LogP) is 3.72. The molecular formula is C23H24Cl2F2N6O4. The molecule has 1 unspecified atom stereocenters. The van der Waals surface area contributed by atoms with E-state index in [4.69, 9.17) is 33.3 Å². The Morgan fingerprint density at radius 2 is 2.00 bits per heavy atom. The van der Waals surface area contributed by atoms with Gasteiger partial charge in [-0.1, -0.05) is 29.3 Å². The van der Waals surface area contributed by atoms with Gasteiger partial charge in [-0.25, -0.2) is 4.99 Å². The van der Waals surface area contributed by atoms with E-state index in [0.29, 0.717) is 5.56 Å². The molecule has 0 spiro atoms. The first kappa shape index (κ1) is 29.6. The summed E-state index contributed by atoms with van der Waals surface area (Å²) in [6, 6.07) is 7.42. The standard InChI is InChI=1S/C23H24Cl2F2N6O4/c1-3-33(20(35)11-34)18(21(29)13-4-6-15(24)16(25)8-13)10-30-23(31-12-28)32-17-9-14(37-22(26)27)5-7-19(17)36-2/h4-9,18,22,29,34H,3,10-11H2,1-2H3,(H2,30,31,32). The quantitative estimate of drug-likeness (QED) is 0.143. The highest BCUT2D eigenvalue weighted by Gasteiger charge is 2.27. The Morgan fingerprint density at radius 1 is 1.27 bits per heavy atom. The molecule has 0 radical (unpaired) electrons. The fraction of sp³-hybridized carbons (Fsp3) is 0.304. The highest BCUT2D eigenvalue weighted by molar-refractivity contribution is 6.42. The third kappa shape index (κ3) is 8.18. The zero-order chi connectivity index (χ0) is 27.5. The van der Waals surface area contributed by atoms with Gasteiger partial charge in [0.25, 0.3) is 0 Å². The molecule has 2 aromatic carbocycles. The van der Waals surface area contributed by atoms with Crippen LogP contribution >= 0.6 is 23.2 Å². The van der Waals surface area contributed by atoms with Gasteiger partial charge in [-0.2, -0.15) is 14.0 Å². The molecule has 2 aromatic rings. The SMILES string of the molecule is CCN(C(=O)CO)C(CN=C(NC#N)Nc1cc(OC(F)F)ccc1OC)C(=N)c1ccc(Cl)c(Cl)c1.